The van der Waals surface area contributed by atoms with E-state index in [0.717, 1.165) is 23.8 Å². The Hall–Kier alpha value is -3.04. The number of aromatic amines is 1. The highest BCUT2D eigenvalue weighted by Gasteiger charge is 2.78. The fraction of sp³-hybridized carbons (Fsp3) is 0.590. The summed E-state index contributed by atoms with van der Waals surface area (Å²) in [4.78, 5) is 33.7. The zero-order valence-electron chi connectivity index (χ0n) is 28.7. The van der Waals surface area contributed by atoms with E-state index in [-0.39, 0.29) is 17.7 Å². The van der Waals surface area contributed by atoms with Gasteiger partial charge < -0.3 is 24.3 Å². The predicted molar refractivity (Wildman–Crippen MR) is 178 cm³/mol. The molecule has 2 unspecified atom stereocenters. The first-order chi connectivity index (χ1) is 22.1. The molecule has 6 aliphatic rings. The molecule has 4 aliphatic carbocycles. The summed E-state index contributed by atoms with van der Waals surface area (Å²) >= 11 is 0. The standard InChI is InChI=1S/C39H48N2O6/c1-22-13-14-27-25(17-22)26-19-24-20-31(45-34(43)28(41(6)7)18-23-11-9-8-10-12-23)39(44)30-21-29(42)33-35(2,3)47-38(30,46-33)16-15-36(39,4)37(24,5)32(26)40-27/h8-12,14,17,21-22,24,28,31,33,40,44H,13,15-16,18-20H2,1-7H3/t22?,24-,28+,31+,33+,36?,37-,38+,39+/m1/s1. The van der Waals surface area contributed by atoms with Gasteiger partial charge in [0.15, 0.2) is 17.7 Å². The lowest BCUT2D eigenvalue weighted by atomic mass is 9.41. The number of benzene rings is 1. The van der Waals surface area contributed by atoms with Crippen molar-refractivity contribution in [2.24, 2.45) is 17.3 Å². The second-order valence-electron chi connectivity index (χ2n) is 16.3. The van der Waals surface area contributed by atoms with Crippen molar-refractivity contribution in [2.45, 2.75) is 114 Å². The molecule has 2 N–H and O–H groups in total. The minimum atomic E-state index is -1.73. The summed E-state index contributed by atoms with van der Waals surface area (Å²) in [5.74, 6) is -1.31. The van der Waals surface area contributed by atoms with Crippen molar-refractivity contribution in [3.63, 3.8) is 0 Å². The highest BCUT2D eigenvalue weighted by molar-refractivity contribution is 5.97. The quantitative estimate of drug-likeness (QED) is 0.483. The van der Waals surface area contributed by atoms with E-state index in [4.69, 9.17) is 14.2 Å². The van der Waals surface area contributed by atoms with Crippen LogP contribution in [0.4, 0.5) is 0 Å². The van der Waals surface area contributed by atoms with E-state index in [1.165, 1.54) is 16.5 Å². The lowest BCUT2D eigenvalue weighted by molar-refractivity contribution is -0.278. The monoisotopic (exact) mass is 640 g/mol. The molecule has 250 valence electrons. The minimum Gasteiger partial charge on any atom is -0.458 e. The number of rotatable bonds is 5. The van der Waals surface area contributed by atoms with Crippen LogP contribution >= 0.6 is 0 Å². The van der Waals surface area contributed by atoms with E-state index in [0.29, 0.717) is 37.2 Å². The van der Waals surface area contributed by atoms with Gasteiger partial charge in [-0.15, -0.1) is 0 Å². The third kappa shape index (κ3) is 4.02. The molecule has 47 heavy (non-hydrogen) atoms. The maximum absolute atomic E-state index is 14.3. The number of aliphatic hydroxyl groups is 1. The molecule has 1 aromatic heterocycles. The number of hydrogen-bond acceptors (Lipinski definition) is 7. The topological polar surface area (TPSA) is 101 Å². The van der Waals surface area contributed by atoms with Gasteiger partial charge in [-0.05, 0) is 94.3 Å². The molecule has 1 aromatic carbocycles. The van der Waals surface area contributed by atoms with Crippen LogP contribution in [-0.2, 0) is 42.1 Å². The number of likely N-dealkylation sites (N-methyl/N-ethyl adjacent to an activating group) is 1. The highest BCUT2D eigenvalue weighted by Crippen LogP contribution is 2.71. The number of aromatic nitrogens is 1. The first-order valence-corrected chi connectivity index (χ1v) is 17.4. The van der Waals surface area contributed by atoms with E-state index < -0.39 is 46.1 Å². The number of carbonyl (C=O) groups is 2. The average molecular weight is 641 g/mol. The second-order valence-corrected chi connectivity index (χ2v) is 16.3. The molecule has 9 atom stereocenters. The number of fused-ring (bicyclic) bond motifs is 9. The molecular weight excluding hydrogens is 592 g/mol. The minimum absolute atomic E-state index is 0.109. The Labute approximate surface area is 276 Å². The first-order valence-electron chi connectivity index (χ1n) is 17.4. The van der Waals surface area contributed by atoms with Crippen LogP contribution in [0.5, 0.6) is 0 Å². The SMILES string of the molecule is CC1C=c2c3c([nH]c2=CC1)[C@@]1(C)[C@H](C3)C[C@H](OC(=O)[C@H](Cc2ccccc2)N(C)C)[C@@]2(O)C3=CC(=O)[C@@H]4O[C@@]3(CCC12C)OC4(C)C. The van der Waals surface area contributed by atoms with Crippen molar-refractivity contribution < 1.29 is 28.9 Å². The molecule has 2 bridgehead atoms. The molecule has 3 heterocycles. The van der Waals surface area contributed by atoms with Gasteiger partial charge in [-0.2, -0.15) is 0 Å². The lowest BCUT2D eigenvalue weighted by Crippen LogP contribution is -2.75. The Morgan fingerprint density at radius 1 is 1.15 bits per heavy atom. The summed E-state index contributed by atoms with van der Waals surface area (Å²) in [6, 6.07) is 9.37. The number of esters is 1. The van der Waals surface area contributed by atoms with Gasteiger partial charge in [0, 0.05) is 33.9 Å². The predicted octanol–water partition coefficient (Wildman–Crippen LogP) is 3.46. The van der Waals surface area contributed by atoms with E-state index in [2.05, 4.69) is 37.9 Å². The summed E-state index contributed by atoms with van der Waals surface area (Å²) in [6.45, 7) is 10.4. The van der Waals surface area contributed by atoms with E-state index in [9.17, 15) is 14.7 Å². The molecule has 8 heteroatoms. The van der Waals surface area contributed by atoms with Gasteiger partial charge in [0.1, 0.15) is 23.3 Å². The first kappa shape index (κ1) is 31.2. The average Bonchev–Trinajstić information content (AvgIpc) is 3.60. The Bertz CT molecular complexity index is 1830. The van der Waals surface area contributed by atoms with Crippen molar-refractivity contribution >= 4 is 23.9 Å². The molecular formula is C39H48N2O6. The normalized spacial score (nSPS) is 39.8. The van der Waals surface area contributed by atoms with Crippen LogP contribution < -0.4 is 10.6 Å². The van der Waals surface area contributed by atoms with Gasteiger partial charge >= 0.3 is 5.97 Å². The molecule has 2 aromatic rings. The number of ketones is 1. The molecule has 3 fully saturated rings. The van der Waals surface area contributed by atoms with Gasteiger partial charge in [-0.3, -0.25) is 14.5 Å². The van der Waals surface area contributed by atoms with Crippen molar-refractivity contribution in [3.8, 4) is 0 Å². The fourth-order valence-electron chi connectivity index (χ4n) is 10.4. The van der Waals surface area contributed by atoms with Gasteiger partial charge in [0.05, 0.1) is 0 Å². The van der Waals surface area contributed by atoms with E-state index in [1.54, 1.807) is 6.08 Å². The molecule has 8 nitrogen and oxygen atoms in total. The number of hydrogen-bond donors (Lipinski definition) is 2. The largest absolute Gasteiger partial charge is 0.458 e. The summed E-state index contributed by atoms with van der Waals surface area (Å²) in [5.41, 5.74) is -0.000232. The van der Waals surface area contributed by atoms with Crippen molar-refractivity contribution in [1.29, 1.82) is 0 Å². The fourth-order valence-corrected chi connectivity index (χ4v) is 10.4. The van der Waals surface area contributed by atoms with Crippen LogP contribution in [0.2, 0.25) is 0 Å². The van der Waals surface area contributed by atoms with Crippen molar-refractivity contribution in [2.75, 3.05) is 14.1 Å². The number of H-pyrrole nitrogens is 1. The van der Waals surface area contributed by atoms with Gasteiger partial charge in [-0.25, -0.2) is 0 Å². The van der Waals surface area contributed by atoms with Crippen molar-refractivity contribution in [1.82, 2.24) is 9.88 Å². The van der Waals surface area contributed by atoms with Gasteiger partial charge in [0.25, 0.3) is 0 Å². The number of carbonyl (C=O) groups excluding carboxylic acids is 2. The Morgan fingerprint density at radius 2 is 1.89 bits per heavy atom. The van der Waals surface area contributed by atoms with Crippen LogP contribution in [0.15, 0.2) is 42.0 Å². The van der Waals surface area contributed by atoms with Gasteiger partial charge in [-0.1, -0.05) is 63.3 Å². The summed E-state index contributed by atoms with van der Waals surface area (Å²) in [5, 5.41) is 16.1. The Balaban J connectivity index is 1.27. The zero-order valence-corrected chi connectivity index (χ0v) is 28.7. The molecule has 8 rings (SSSR count). The molecule has 2 saturated carbocycles. The van der Waals surface area contributed by atoms with Crippen LogP contribution in [0.1, 0.15) is 77.1 Å². The summed E-state index contributed by atoms with van der Waals surface area (Å²) < 4.78 is 19.8. The number of ether oxygens (including phenoxy) is 3. The maximum Gasteiger partial charge on any atom is 0.324 e. The maximum atomic E-state index is 14.3. The zero-order chi connectivity index (χ0) is 33.3. The summed E-state index contributed by atoms with van der Waals surface area (Å²) in [7, 11) is 3.76. The molecule has 0 radical (unpaired) electrons. The summed E-state index contributed by atoms with van der Waals surface area (Å²) in [6.07, 6.45) is 8.40. The van der Waals surface area contributed by atoms with E-state index >= 15 is 0 Å². The number of nitrogens with zero attached hydrogens (tertiary/aromatic N) is 1. The second kappa shape index (κ2) is 10.0. The van der Waals surface area contributed by atoms with Gasteiger partial charge in [0.2, 0.25) is 0 Å². The third-order valence-corrected chi connectivity index (χ3v) is 13.2. The van der Waals surface area contributed by atoms with Crippen molar-refractivity contribution in [3.05, 3.63) is 69.4 Å². The van der Waals surface area contributed by atoms with Crippen LogP contribution in [0, 0.1) is 17.3 Å². The van der Waals surface area contributed by atoms with E-state index in [1.807, 2.05) is 63.2 Å². The third-order valence-electron chi connectivity index (χ3n) is 13.2. The van der Waals surface area contributed by atoms with Crippen LogP contribution in [0.25, 0.3) is 12.2 Å². The Morgan fingerprint density at radius 3 is 2.62 bits per heavy atom. The molecule has 2 aliphatic heterocycles. The highest BCUT2D eigenvalue weighted by atomic mass is 16.8. The smallest absolute Gasteiger partial charge is 0.324 e. The Kier molecular flexibility index (Phi) is 6.65. The molecule has 0 amide bonds. The lowest BCUT2D eigenvalue weighted by Gasteiger charge is -2.67. The molecule has 1 saturated heterocycles. The van der Waals surface area contributed by atoms with Crippen LogP contribution in [-0.4, -0.2) is 76.1 Å². The molecule has 1 spiro atoms. The van der Waals surface area contributed by atoms with Crippen LogP contribution in [0.3, 0.4) is 0 Å². The number of nitrogens with one attached hydrogen (secondary N) is 1.